The first-order valence-electron chi connectivity index (χ1n) is 8.72. The summed E-state index contributed by atoms with van der Waals surface area (Å²) < 4.78 is 25.7. The average molecular weight is 386 g/mol. The molecule has 27 heavy (non-hydrogen) atoms. The summed E-state index contributed by atoms with van der Waals surface area (Å²) in [6.07, 6.45) is 0. The molecule has 2 aromatic carbocycles. The van der Waals surface area contributed by atoms with E-state index in [1.54, 1.807) is 24.3 Å². The second kappa shape index (κ2) is 7.15. The van der Waals surface area contributed by atoms with Crippen molar-refractivity contribution in [3.8, 4) is 0 Å². The van der Waals surface area contributed by atoms with E-state index in [1.165, 1.54) is 0 Å². The number of sulfonamides is 1. The smallest absolute Gasteiger partial charge is 0.268 e. The van der Waals surface area contributed by atoms with Gasteiger partial charge in [-0.05, 0) is 35.6 Å². The van der Waals surface area contributed by atoms with E-state index in [0.717, 1.165) is 11.1 Å². The predicted octanol–water partition coefficient (Wildman–Crippen LogP) is 3.04. The topological polar surface area (TPSA) is 83.6 Å². The van der Waals surface area contributed by atoms with Crippen LogP contribution in [0.1, 0.15) is 46.8 Å². The van der Waals surface area contributed by atoms with E-state index in [-0.39, 0.29) is 11.7 Å². The summed E-state index contributed by atoms with van der Waals surface area (Å²) in [7, 11) is -3.89. The van der Waals surface area contributed by atoms with Crippen molar-refractivity contribution in [3.63, 3.8) is 0 Å². The molecule has 0 fully saturated rings. The second-order valence-corrected chi connectivity index (χ2v) is 8.86. The molecule has 1 heterocycles. The van der Waals surface area contributed by atoms with Gasteiger partial charge in [-0.1, -0.05) is 50.2 Å². The zero-order valence-corrected chi connectivity index (χ0v) is 16.3. The molecule has 0 bridgehead atoms. The monoisotopic (exact) mass is 386 g/mol. The van der Waals surface area contributed by atoms with Crippen LogP contribution >= 0.6 is 0 Å². The number of hydrogen-bond acceptors (Lipinski definition) is 4. The molecule has 2 aromatic rings. The first-order valence-corrected chi connectivity index (χ1v) is 10.3. The van der Waals surface area contributed by atoms with Gasteiger partial charge in [0.2, 0.25) is 15.9 Å². The first-order chi connectivity index (χ1) is 12.7. The van der Waals surface area contributed by atoms with Gasteiger partial charge in [-0.15, -0.1) is 0 Å². The average Bonchev–Trinajstić information content (AvgIpc) is 2.60. The van der Waals surface area contributed by atoms with Crippen LogP contribution in [0.3, 0.4) is 0 Å². The fraction of sp³-hybridized carbons (Fsp3) is 0.300. The lowest BCUT2D eigenvalue weighted by Crippen LogP contribution is -2.46. The third-order valence-corrected chi connectivity index (χ3v) is 6.27. The number of amides is 2. The van der Waals surface area contributed by atoms with Gasteiger partial charge >= 0.3 is 0 Å². The highest BCUT2D eigenvalue weighted by atomic mass is 32.2. The minimum Gasteiger partial charge on any atom is -0.324 e. The van der Waals surface area contributed by atoms with E-state index >= 15 is 0 Å². The number of anilines is 1. The lowest BCUT2D eigenvalue weighted by molar-refractivity contribution is -0.116. The van der Waals surface area contributed by atoms with Gasteiger partial charge < -0.3 is 5.32 Å². The van der Waals surface area contributed by atoms with Crippen LogP contribution in [-0.4, -0.2) is 31.1 Å². The number of fused-ring (bicyclic) bond motifs is 1. The molecule has 0 aliphatic carbocycles. The number of hydrogen-bond donors (Lipinski definition) is 1. The van der Waals surface area contributed by atoms with Crippen molar-refractivity contribution < 1.29 is 18.0 Å². The Kier molecular flexibility index (Phi) is 5.06. The summed E-state index contributed by atoms with van der Waals surface area (Å²) in [5.74, 6) is -1.31. The van der Waals surface area contributed by atoms with Gasteiger partial charge in [0.1, 0.15) is 6.54 Å². The third-order valence-electron chi connectivity index (χ3n) is 4.63. The van der Waals surface area contributed by atoms with Gasteiger partial charge in [0.25, 0.3) is 5.91 Å². The quantitative estimate of drug-likeness (QED) is 0.875. The third kappa shape index (κ3) is 3.73. The van der Waals surface area contributed by atoms with Crippen LogP contribution in [0, 0.1) is 6.92 Å². The molecule has 6 nitrogen and oxygen atoms in total. The molecule has 2 amide bonds. The van der Waals surface area contributed by atoms with Gasteiger partial charge in [-0.25, -0.2) is 12.7 Å². The number of rotatable bonds is 4. The van der Waals surface area contributed by atoms with E-state index in [2.05, 4.69) is 5.32 Å². The van der Waals surface area contributed by atoms with Crippen LogP contribution in [0.5, 0.6) is 0 Å². The fourth-order valence-electron chi connectivity index (χ4n) is 3.21. The van der Waals surface area contributed by atoms with Crippen molar-refractivity contribution in [2.24, 2.45) is 0 Å². The molecule has 0 saturated carbocycles. The van der Waals surface area contributed by atoms with Crippen molar-refractivity contribution in [2.45, 2.75) is 32.4 Å². The molecule has 0 saturated heterocycles. The standard InChI is InChI=1S/C20H22N2O4S/c1-13(2)16-10-6-7-14(3)19(16)21-18(23)11-22-20(24)17-9-5-4-8-15(17)12-27(22,25)26/h4-10,13H,11-12H2,1-3H3,(H,21,23). The maximum Gasteiger partial charge on any atom is 0.268 e. The zero-order valence-electron chi connectivity index (χ0n) is 15.5. The van der Waals surface area contributed by atoms with Gasteiger partial charge in [0.15, 0.2) is 0 Å². The molecule has 142 valence electrons. The van der Waals surface area contributed by atoms with Gasteiger partial charge in [0, 0.05) is 11.3 Å². The molecule has 7 heteroatoms. The van der Waals surface area contributed by atoms with Crippen LogP contribution in [0.2, 0.25) is 0 Å². The molecular weight excluding hydrogens is 364 g/mol. The summed E-state index contributed by atoms with van der Waals surface area (Å²) in [5, 5.41) is 2.79. The molecule has 0 aromatic heterocycles. The summed E-state index contributed by atoms with van der Waals surface area (Å²) in [6.45, 7) is 5.36. The summed E-state index contributed by atoms with van der Waals surface area (Å²) in [5.41, 5.74) is 3.29. The molecule has 3 rings (SSSR count). The number of para-hydroxylation sites is 1. The molecule has 1 aliphatic heterocycles. The Morgan fingerprint density at radius 2 is 1.85 bits per heavy atom. The van der Waals surface area contributed by atoms with Crippen LogP contribution in [0.15, 0.2) is 42.5 Å². The molecule has 0 spiro atoms. The van der Waals surface area contributed by atoms with Gasteiger partial charge in [0.05, 0.1) is 5.75 Å². The largest absolute Gasteiger partial charge is 0.324 e. The molecular formula is C20H22N2O4S. The maximum atomic E-state index is 12.6. The van der Waals surface area contributed by atoms with Crippen LogP contribution in [0.25, 0.3) is 0 Å². The molecule has 1 N–H and O–H groups in total. The van der Waals surface area contributed by atoms with Gasteiger partial charge in [-0.3, -0.25) is 9.59 Å². The van der Waals surface area contributed by atoms with Crippen molar-refractivity contribution in [2.75, 3.05) is 11.9 Å². The zero-order chi connectivity index (χ0) is 19.8. The highest BCUT2D eigenvalue weighted by Gasteiger charge is 2.36. The van der Waals surface area contributed by atoms with Crippen LogP contribution in [-0.2, 0) is 20.6 Å². The van der Waals surface area contributed by atoms with Crippen molar-refractivity contribution in [1.82, 2.24) is 4.31 Å². The normalized spacial score (nSPS) is 15.6. The summed E-state index contributed by atoms with van der Waals surface area (Å²) in [4.78, 5) is 25.2. The van der Waals surface area contributed by atoms with E-state index in [0.29, 0.717) is 21.1 Å². The molecule has 0 atom stereocenters. The summed E-state index contributed by atoms with van der Waals surface area (Å²) >= 11 is 0. The van der Waals surface area contributed by atoms with Crippen LogP contribution < -0.4 is 5.32 Å². The summed E-state index contributed by atoms with van der Waals surface area (Å²) in [6, 6.07) is 12.3. The minimum absolute atomic E-state index is 0.187. The SMILES string of the molecule is Cc1cccc(C(C)C)c1NC(=O)CN1C(=O)c2ccccc2CS1(=O)=O. The Hall–Kier alpha value is -2.67. The lowest BCUT2D eigenvalue weighted by Gasteiger charge is -2.28. The maximum absolute atomic E-state index is 12.6. The highest BCUT2D eigenvalue weighted by molar-refractivity contribution is 7.89. The Labute approximate surface area is 159 Å². The highest BCUT2D eigenvalue weighted by Crippen LogP contribution is 2.28. The Balaban J connectivity index is 1.86. The molecule has 0 radical (unpaired) electrons. The van der Waals surface area contributed by atoms with Gasteiger partial charge in [-0.2, -0.15) is 0 Å². The number of nitrogens with one attached hydrogen (secondary N) is 1. The Morgan fingerprint density at radius 3 is 2.56 bits per heavy atom. The van der Waals surface area contributed by atoms with Crippen molar-refractivity contribution in [3.05, 3.63) is 64.7 Å². The van der Waals surface area contributed by atoms with E-state index < -0.39 is 28.4 Å². The predicted molar refractivity (Wildman–Crippen MR) is 104 cm³/mol. The number of benzene rings is 2. The number of aryl methyl sites for hydroxylation is 1. The molecule has 1 aliphatic rings. The Bertz CT molecular complexity index is 1010. The van der Waals surface area contributed by atoms with E-state index in [1.807, 2.05) is 39.0 Å². The minimum atomic E-state index is -3.89. The Morgan fingerprint density at radius 1 is 1.15 bits per heavy atom. The number of carbonyl (C=O) groups excluding carboxylic acids is 2. The number of carbonyl (C=O) groups is 2. The van der Waals surface area contributed by atoms with Crippen LogP contribution in [0.4, 0.5) is 5.69 Å². The first kappa shape index (κ1) is 19.1. The van der Waals surface area contributed by atoms with Crippen molar-refractivity contribution >= 4 is 27.5 Å². The lowest BCUT2D eigenvalue weighted by atomic mass is 9.98. The number of nitrogens with zero attached hydrogens (tertiary/aromatic N) is 1. The molecule has 0 unspecified atom stereocenters. The fourth-order valence-corrected chi connectivity index (χ4v) is 4.68. The van der Waals surface area contributed by atoms with E-state index in [9.17, 15) is 18.0 Å². The van der Waals surface area contributed by atoms with Crippen molar-refractivity contribution in [1.29, 1.82) is 0 Å². The van der Waals surface area contributed by atoms with E-state index in [4.69, 9.17) is 0 Å². The second-order valence-electron chi connectivity index (χ2n) is 6.97.